The standard InChI is InChI=1S/C15H22N2O4S/c1-11-16-12(10-22-11)3-2-4-13(18)17-15(9-14(19)20)5-7-21-8-6-15/h10H,2-9H2,1H3,(H,17,18)(H,19,20). The number of hydrogen-bond acceptors (Lipinski definition) is 5. The summed E-state index contributed by atoms with van der Waals surface area (Å²) in [4.78, 5) is 27.6. The van der Waals surface area contributed by atoms with Crippen LogP contribution in [0.1, 0.15) is 42.8 Å². The molecule has 1 aliphatic rings. The molecule has 0 saturated carbocycles. The van der Waals surface area contributed by atoms with Crippen LogP contribution in [0.2, 0.25) is 0 Å². The van der Waals surface area contributed by atoms with Crippen molar-refractivity contribution in [1.82, 2.24) is 10.3 Å². The molecule has 1 amide bonds. The quantitative estimate of drug-likeness (QED) is 0.799. The van der Waals surface area contributed by atoms with Gasteiger partial charge in [-0.25, -0.2) is 4.98 Å². The molecule has 2 rings (SSSR count). The maximum Gasteiger partial charge on any atom is 0.305 e. The molecule has 0 unspecified atom stereocenters. The lowest BCUT2D eigenvalue weighted by molar-refractivity contribution is -0.140. The van der Waals surface area contributed by atoms with Gasteiger partial charge in [0.2, 0.25) is 5.91 Å². The fraction of sp³-hybridized carbons (Fsp3) is 0.667. The number of aromatic nitrogens is 1. The van der Waals surface area contributed by atoms with E-state index in [-0.39, 0.29) is 12.3 Å². The average molecular weight is 326 g/mol. The van der Waals surface area contributed by atoms with Gasteiger partial charge in [0.05, 0.1) is 22.7 Å². The van der Waals surface area contributed by atoms with Crippen molar-refractivity contribution in [2.24, 2.45) is 0 Å². The Kier molecular flexibility index (Phi) is 5.90. The van der Waals surface area contributed by atoms with Gasteiger partial charge in [-0.3, -0.25) is 9.59 Å². The predicted molar refractivity (Wildman–Crippen MR) is 83.0 cm³/mol. The first-order valence-electron chi connectivity index (χ1n) is 7.51. The fourth-order valence-corrected chi connectivity index (χ4v) is 3.36. The number of aliphatic carboxylic acids is 1. The summed E-state index contributed by atoms with van der Waals surface area (Å²) in [7, 11) is 0. The van der Waals surface area contributed by atoms with E-state index in [2.05, 4.69) is 10.3 Å². The van der Waals surface area contributed by atoms with Crippen LogP contribution in [0.3, 0.4) is 0 Å². The van der Waals surface area contributed by atoms with Crippen molar-refractivity contribution in [3.05, 3.63) is 16.1 Å². The number of nitrogens with zero attached hydrogens (tertiary/aromatic N) is 1. The molecule has 2 N–H and O–H groups in total. The van der Waals surface area contributed by atoms with E-state index in [1.165, 1.54) is 0 Å². The first-order valence-corrected chi connectivity index (χ1v) is 8.39. The van der Waals surface area contributed by atoms with E-state index in [1.54, 1.807) is 11.3 Å². The monoisotopic (exact) mass is 326 g/mol. The van der Waals surface area contributed by atoms with E-state index in [0.717, 1.165) is 17.1 Å². The third-order valence-electron chi connectivity index (χ3n) is 3.85. The number of hydrogen-bond donors (Lipinski definition) is 2. The predicted octanol–water partition coefficient (Wildman–Crippen LogP) is 1.91. The maximum absolute atomic E-state index is 12.1. The third-order valence-corrected chi connectivity index (χ3v) is 4.67. The van der Waals surface area contributed by atoms with Crippen molar-refractivity contribution in [1.29, 1.82) is 0 Å². The minimum absolute atomic E-state index is 0.0482. The van der Waals surface area contributed by atoms with Crippen molar-refractivity contribution < 1.29 is 19.4 Å². The first-order chi connectivity index (χ1) is 10.5. The van der Waals surface area contributed by atoms with Crippen LogP contribution in [0.4, 0.5) is 0 Å². The van der Waals surface area contributed by atoms with Gasteiger partial charge >= 0.3 is 5.97 Å². The second kappa shape index (κ2) is 7.69. The molecule has 0 radical (unpaired) electrons. The van der Waals surface area contributed by atoms with Gasteiger partial charge in [0, 0.05) is 25.0 Å². The Morgan fingerprint density at radius 3 is 2.77 bits per heavy atom. The van der Waals surface area contributed by atoms with Crippen LogP contribution in [0.15, 0.2) is 5.38 Å². The van der Waals surface area contributed by atoms with E-state index in [9.17, 15) is 9.59 Å². The summed E-state index contributed by atoms with van der Waals surface area (Å²) in [6, 6.07) is 0. The molecule has 0 spiro atoms. The van der Waals surface area contributed by atoms with Crippen LogP contribution in [0, 0.1) is 6.92 Å². The highest BCUT2D eigenvalue weighted by Crippen LogP contribution is 2.25. The summed E-state index contributed by atoms with van der Waals surface area (Å²) in [6.45, 7) is 2.94. The molecule has 1 fully saturated rings. The Morgan fingerprint density at radius 2 is 2.18 bits per heavy atom. The zero-order valence-electron chi connectivity index (χ0n) is 12.8. The second-order valence-corrected chi connectivity index (χ2v) is 6.79. The smallest absolute Gasteiger partial charge is 0.305 e. The van der Waals surface area contributed by atoms with Gasteiger partial charge in [0.1, 0.15) is 0 Å². The normalized spacial score (nSPS) is 17.1. The number of carbonyl (C=O) groups excluding carboxylic acids is 1. The number of amides is 1. The van der Waals surface area contributed by atoms with Gasteiger partial charge in [-0.15, -0.1) is 11.3 Å². The number of carboxylic acid groups (broad SMARTS) is 1. The highest BCUT2D eigenvalue weighted by atomic mass is 32.1. The van der Waals surface area contributed by atoms with Gasteiger partial charge in [-0.05, 0) is 32.6 Å². The Hall–Kier alpha value is -1.47. The summed E-state index contributed by atoms with van der Waals surface area (Å²) in [5.74, 6) is -0.977. The van der Waals surface area contributed by atoms with Gasteiger partial charge in [0.25, 0.3) is 0 Å². The Labute approximate surface area is 133 Å². The van der Waals surface area contributed by atoms with Crippen molar-refractivity contribution in [3.63, 3.8) is 0 Å². The molecule has 0 aliphatic carbocycles. The number of thiazole rings is 1. The summed E-state index contributed by atoms with van der Waals surface area (Å²) in [5.41, 5.74) is 0.361. The number of carboxylic acids is 1. The zero-order chi connectivity index (χ0) is 16.0. The van der Waals surface area contributed by atoms with Crippen molar-refractivity contribution in [3.8, 4) is 0 Å². The van der Waals surface area contributed by atoms with Crippen molar-refractivity contribution in [2.75, 3.05) is 13.2 Å². The average Bonchev–Trinajstić information content (AvgIpc) is 2.84. The first kappa shape index (κ1) is 16.9. The van der Waals surface area contributed by atoms with Crippen LogP contribution in [0.5, 0.6) is 0 Å². The van der Waals surface area contributed by atoms with E-state index >= 15 is 0 Å². The largest absolute Gasteiger partial charge is 0.481 e. The maximum atomic E-state index is 12.1. The van der Waals surface area contributed by atoms with Crippen molar-refractivity contribution in [2.45, 2.75) is 51.0 Å². The number of nitrogens with one attached hydrogen (secondary N) is 1. The molecule has 122 valence electrons. The molecule has 2 heterocycles. The lowest BCUT2D eigenvalue weighted by Gasteiger charge is -2.36. The van der Waals surface area contributed by atoms with E-state index in [1.807, 2.05) is 12.3 Å². The van der Waals surface area contributed by atoms with Crippen LogP contribution in [-0.4, -0.2) is 40.7 Å². The Balaban J connectivity index is 1.81. The minimum atomic E-state index is -0.889. The molecule has 1 saturated heterocycles. The van der Waals surface area contributed by atoms with E-state index < -0.39 is 11.5 Å². The molecule has 1 aromatic rings. The van der Waals surface area contributed by atoms with Crippen LogP contribution in [-0.2, 0) is 20.7 Å². The lowest BCUT2D eigenvalue weighted by Crippen LogP contribution is -2.53. The molecule has 1 aromatic heterocycles. The molecular weight excluding hydrogens is 304 g/mol. The summed E-state index contributed by atoms with van der Waals surface area (Å²) in [6.07, 6.45) is 2.93. The summed E-state index contributed by atoms with van der Waals surface area (Å²) in [5, 5.41) is 15.1. The SMILES string of the molecule is Cc1nc(CCCC(=O)NC2(CC(=O)O)CCOCC2)cs1. The Bertz CT molecular complexity index is 523. The van der Waals surface area contributed by atoms with Gasteiger partial charge in [0.15, 0.2) is 0 Å². The number of rotatable bonds is 7. The fourth-order valence-electron chi connectivity index (χ4n) is 2.71. The molecule has 7 heteroatoms. The summed E-state index contributed by atoms with van der Waals surface area (Å²) < 4.78 is 5.28. The van der Waals surface area contributed by atoms with E-state index in [0.29, 0.717) is 38.9 Å². The van der Waals surface area contributed by atoms with Crippen LogP contribution >= 0.6 is 11.3 Å². The molecule has 6 nitrogen and oxygen atoms in total. The second-order valence-electron chi connectivity index (χ2n) is 5.72. The molecule has 22 heavy (non-hydrogen) atoms. The van der Waals surface area contributed by atoms with E-state index in [4.69, 9.17) is 9.84 Å². The minimum Gasteiger partial charge on any atom is -0.481 e. The lowest BCUT2D eigenvalue weighted by atomic mass is 9.86. The highest BCUT2D eigenvalue weighted by Gasteiger charge is 2.36. The topological polar surface area (TPSA) is 88.5 Å². The summed E-state index contributed by atoms with van der Waals surface area (Å²) >= 11 is 1.61. The Morgan fingerprint density at radius 1 is 1.45 bits per heavy atom. The number of aryl methyl sites for hydroxylation is 2. The molecule has 0 bridgehead atoms. The van der Waals surface area contributed by atoms with Crippen LogP contribution < -0.4 is 5.32 Å². The van der Waals surface area contributed by atoms with Gasteiger partial charge in [-0.1, -0.05) is 0 Å². The van der Waals surface area contributed by atoms with Gasteiger partial charge in [-0.2, -0.15) is 0 Å². The zero-order valence-corrected chi connectivity index (χ0v) is 13.6. The van der Waals surface area contributed by atoms with Crippen LogP contribution in [0.25, 0.3) is 0 Å². The van der Waals surface area contributed by atoms with Crippen molar-refractivity contribution >= 4 is 23.2 Å². The third kappa shape index (κ3) is 5.06. The highest BCUT2D eigenvalue weighted by molar-refractivity contribution is 7.09. The number of carbonyl (C=O) groups is 2. The number of ether oxygens (including phenoxy) is 1. The molecule has 0 aromatic carbocycles. The molecular formula is C15H22N2O4S. The molecule has 1 aliphatic heterocycles. The van der Waals surface area contributed by atoms with Gasteiger partial charge < -0.3 is 15.2 Å². The molecule has 0 atom stereocenters.